The van der Waals surface area contributed by atoms with Gasteiger partial charge in [-0.3, -0.25) is 0 Å². The molecule has 1 heterocycles. The zero-order valence-corrected chi connectivity index (χ0v) is 4.38. The zero-order valence-electron chi connectivity index (χ0n) is 3.63. The quantitative estimate of drug-likeness (QED) is 0.576. The van der Waals surface area contributed by atoms with Gasteiger partial charge in [0.1, 0.15) is 0 Å². The third-order valence-corrected chi connectivity index (χ3v) is 0.697. The van der Waals surface area contributed by atoms with Gasteiger partial charge in [-0.1, -0.05) is 0 Å². The van der Waals surface area contributed by atoms with Gasteiger partial charge in [0, 0.05) is 5.18 Å². The largest absolute Gasteiger partial charge is 0.310 e. The van der Waals surface area contributed by atoms with Crippen LogP contribution < -0.4 is 0 Å². The molecular weight excluding hydrogens is 132 g/mol. The number of aromatic amines is 1. The molecule has 0 saturated carbocycles. The van der Waals surface area contributed by atoms with E-state index < -0.39 is 0 Å². The van der Waals surface area contributed by atoms with Gasteiger partial charge in [-0.15, -0.1) is 10.0 Å². The molecule has 1 aromatic rings. The Balaban J connectivity index is 3.00. The summed E-state index contributed by atoms with van der Waals surface area (Å²) in [7, 11) is 0. The third kappa shape index (κ3) is 0.812. The van der Waals surface area contributed by atoms with Crippen LogP contribution in [0.25, 0.3) is 0 Å². The van der Waals surface area contributed by atoms with Crippen LogP contribution in [-0.2, 0) is 0 Å². The molecule has 0 atom stereocenters. The van der Waals surface area contributed by atoms with Gasteiger partial charge in [-0.2, -0.15) is 4.98 Å². The van der Waals surface area contributed by atoms with Crippen molar-refractivity contribution >= 4 is 17.5 Å². The van der Waals surface area contributed by atoms with Crippen LogP contribution in [0.5, 0.6) is 0 Å². The minimum absolute atomic E-state index is 0.0691. The first-order valence-electron chi connectivity index (χ1n) is 1.74. The van der Waals surface area contributed by atoms with Crippen molar-refractivity contribution < 1.29 is 0 Å². The van der Waals surface area contributed by atoms with Crippen molar-refractivity contribution in [3.8, 4) is 0 Å². The van der Waals surface area contributed by atoms with E-state index in [4.69, 9.17) is 11.6 Å². The molecule has 0 amide bonds. The summed E-state index contributed by atoms with van der Waals surface area (Å²) >= 11 is 5.21. The van der Waals surface area contributed by atoms with Crippen LogP contribution >= 0.6 is 11.6 Å². The normalized spacial score (nSPS) is 9.12. The number of halogens is 1. The topological polar surface area (TPSA) is 71.0 Å². The molecule has 0 spiro atoms. The lowest BCUT2D eigenvalue weighted by Gasteiger charge is -1.64. The summed E-state index contributed by atoms with van der Waals surface area (Å²) in [6.07, 6.45) is 0. The lowest BCUT2D eigenvalue weighted by atomic mass is 11.1. The molecule has 0 saturated heterocycles. The zero-order chi connectivity index (χ0) is 5.98. The van der Waals surface area contributed by atoms with Gasteiger partial charge in [-0.25, -0.2) is 5.10 Å². The van der Waals surface area contributed by atoms with Crippen molar-refractivity contribution in [3.05, 3.63) is 10.2 Å². The van der Waals surface area contributed by atoms with Crippen LogP contribution in [0.15, 0.2) is 5.18 Å². The Bertz CT molecular complexity index is 196. The molecule has 0 radical (unpaired) electrons. The third-order valence-electron chi connectivity index (χ3n) is 0.528. The van der Waals surface area contributed by atoms with Gasteiger partial charge < -0.3 is 0 Å². The SMILES string of the molecule is O=Nc1n[nH]c(Cl)n1. The Morgan fingerprint density at radius 3 is 2.75 bits per heavy atom. The summed E-state index contributed by atoms with van der Waals surface area (Å²) in [6, 6.07) is 0. The molecule has 0 unspecified atom stereocenters. The smallest absolute Gasteiger partial charge is 0.248 e. The van der Waals surface area contributed by atoms with E-state index in [-0.39, 0.29) is 11.2 Å². The maximum absolute atomic E-state index is 9.57. The molecule has 0 aliphatic carbocycles. The maximum atomic E-state index is 9.57. The first-order valence-corrected chi connectivity index (χ1v) is 2.12. The Kier molecular flexibility index (Phi) is 1.21. The Morgan fingerprint density at radius 1 is 1.75 bits per heavy atom. The monoisotopic (exact) mass is 132 g/mol. The second-order valence-corrected chi connectivity index (χ2v) is 1.38. The van der Waals surface area contributed by atoms with Crippen LogP contribution in [0.3, 0.4) is 0 Å². The highest BCUT2D eigenvalue weighted by atomic mass is 35.5. The van der Waals surface area contributed by atoms with E-state index in [2.05, 4.69) is 20.4 Å². The lowest BCUT2D eigenvalue weighted by molar-refractivity contribution is 1.08. The first-order chi connectivity index (χ1) is 3.83. The number of nitrogens with zero attached hydrogens (tertiary/aromatic N) is 3. The van der Waals surface area contributed by atoms with Gasteiger partial charge in [-0.05, 0) is 11.6 Å². The van der Waals surface area contributed by atoms with Crippen LogP contribution in [0.4, 0.5) is 5.95 Å². The van der Waals surface area contributed by atoms with Crippen molar-refractivity contribution in [2.45, 2.75) is 0 Å². The highest BCUT2D eigenvalue weighted by Gasteiger charge is 1.96. The van der Waals surface area contributed by atoms with E-state index >= 15 is 0 Å². The van der Waals surface area contributed by atoms with E-state index in [1.54, 1.807) is 0 Å². The summed E-state index contributed by atoms with van der Waals surface area (Å²) in [5.41, 5.74) is 0. The second kappa shape index (κ2) is 1.87. The van der Waals surface area contributed by atoms with Gasteiger partial charge in [0.2, 0.25) is 5.28 Å². The molecule has 1 N–H and O–H groups in total. The molecule has 0 bridgehead atoms. The van der Waals surface area contributed by atoms with Crippen molar-refractivity contribution in [2.75, 3.05) is 0 Å². The summed E-state index contributed by atoms with van der Waals surface area (Å²) in [6.45, 7) is 0. The molecule has 8 heavy (non-hydrogen) atoms. The fraction of sp³-hybridized carbons (Fsp3) is 0. The fourth-order valence-electron chi connectivity index (χ4n) is 0.275. The Morgan fingerprint density at radius 2 is 2.50 bits per heavy atom. The molecule has 0 aromatic carbocycles. The second-order valence-electron chi connectivity index (χ2n) is 1.02. The molecule has 1 aromatic heterocycles. The fourth-order valence-corrected chi connectivity index (χ4v) is 0.393. The number of hydrogen-bond donors (Lipinski definition) is 1. The van der Waals surface area contributed by atoms with Gasteiger partial charge >= 0.3 is 5.95 Å². The molecule has 1 rings (SSSR count). The number of rotatable bonds is 1. The summed E-state index contributed by atoms with van der Waals surface area (Å²) in [4.78, 5) is 12.9. The minimum Gasteiger partial charge on any atom is -0.248 e. The van der Waals surface area contributed by atoms with E-state index in [0.29, 0.717) is 0 Å². The average molecular weight is 133 g/mol. The predicted octanol–water partition coefficient (Wildman–Crippen LogP) is 0.856. The highest BCUT2D eigenvalue weighted by molar-refractivity contribution is 6.28. The van der Waals surface area contributed by atoms with Gasteiger partial charge in [0.15, 0.2) is 0 Å². The standard InChI is InChI=1S/C2HClN4O/c3-1-4-2(7-8)6-5-1/h(H,4,5,6). The lowest BCUT2D eigenvalue weighted by Crippen LogP contribution is -1.61. The van der Waals surface area contributed by atoms with Gasteiger partial charge in [0.25, 0.3) is 0 Å². The van der Waals surface area contributed by atoms with Crippen LogP contribution in [0, 0.1) is 4.91 Å². The molecule has 0 aliphatic heterocycles. The van der Waals surface area contributed by atoms with E-state index in [1.807, 2.05) is 0 Å². The Hall–Kier alpha value is -0.970. The molecular formula is C2HClN4O. The predicted molar refractivity (Wildman–Crippen MR) is 26.8 cm³/mol. The number of hydrogen-bond acceptors (Lipinski definition) is 4. The average Bonchev–Trinajstić information content (AvgIpc) is 2.14. The number of H-pyrrole nitrogens is 1. The number of nitroso groups, excluding NO2 is 1. The van der Waals surface area contributed by atoms with E-state index in [0.717, 1.165) is 0 Å². The summed E-state index contributed by atoms with van der Waals surface area (Å²) in [5, 5.41) is 7.99. The van der Waals surface area contributed by atoms with Crippen LogP contribution in [0.2, 0.25) is 5.28 Å². The maximum Gasteiger partial charge on any atom is 0.310 e. The van der Waals surface area contributed by atoms with E-state index in [9.17, 15) is 4.91 Å². The van der Waals surface area contributed by atoms with Crippen molar-refractivity contribution in [2.24, 2.45) is 5.18 Å². The number of nitrogens with one attached hydrogen (secondary N) is 1. The molecule has 6 heteroatoms. The minimum atomic E-state index is -0.171. The van der Waals surface area contributed by atoms with Crippen LogP contribution in [-0.4, -0.2) is 15.2 Å². The summed E-state index contributed by atoms with van der Waals surface area (Å²) < 4.78 is 0. The Labute approximate surface area is 49.0 Å². The summed E-state index contributed by atoms with van der Waals surface area (Å²) in [5.74, 6) is -0.171. The van der Waals surface area contributed by atoms with Crippen molar-refractivity contribution in [3.63, 3.8) is 0 Å². The van der Waals surface area contributed by atoms with Crippen molar-refractivity contribution in [1.29, 1.82) is 0 Å². The van der Waals surface area contributed by atoms with Gasteiger partial charge in [0.05, 0.1) is 0 Å². The first kappa shape index (κ1) is 5.17. The molecule has 0 fully saturated rings. The van der Waals surface area contributed by atoms with E-state index in [1.165, 1.54) is 0 Å². The van der Waals surface area contributed by atoms with Crippen molar-refractivity contribution in [1.82, 2.24) is 15.2 Å². The van der Waals surface area contributed by atoms with Crippen LogP contribution in [0.1, 0.15) is 0 Å². The highest BCUT2D eigenvalue weighted by Crippen LogP contribution is 2.04. The molecule has 5 nitrogen and oxygen atoms in total. The molecule has 42 valence electrons. The molecule has 0 aliphatic rings. The number of aromatic nitrogens is 3.